The number of anilines is 2. The maximum Gasteiger partial charge on any atom is 0.433 e. The topological polar surface area (TPSA) is 64.1 Å². The first kappa shape index (κ1) is 24.3. The fourth-order valence-corrected chi connectivity index (χ4v) is 5.91. The number of hydrogen-bond acceptors (Lipinski definition) is 5. The average molecular weight is 496 g/mol. The number of esters is 1. The molecule has 2 aliphatic rings. The maximum absolute atomic E-state index is 12.8. The van der Waals surface area contributed by atoms with Crippen LogP contribution in [-0.2, 0) is 28.5 Å². The molecule has 2 heterocycles. The Balaban J connectivity index is 1.34. The first-order valence-electron chi connectivity index (χ1n) is 12.1. The molecule has 0 bridgehead atoms. The van der Waals surface area contributed by atoms with E-state index in [1.54, 1.807) is 6.20 Å². The fraction of sp³-hybridized carbons (Fsp3) is 0.393. The summed E-state index contributed by atoms with van der Waals surface area (Å²) in [7, 11) is 1.42. The summed E-state index contributed by atoms with van der Waals surface area (Å²) < 4.78 is 43.3. The van der Waals surface area contributed by atoms with Crippen molar-refractivity contribution in [3.05, 3.63) is 83.4 Å². The zero-order valence-electron chi connectivity index (χ0n) is 20.0. The molecule has 0 radical (unpaired) electrons. The van der Waals surface area contributed by atoms with Crippen LogP contribution in [0, 0.1) is 11.3 Å². The van der Waals surface area contributed by atoms with Crippen molar-refractivity contribution in [1.29, 1.82) is 0 Å². The smallest absolute Gasteiger partial charge is 0.433 e. The summed E-state index contributed by atoms with van der Waals surface area (Å²) >= 11 is 0. The molecule has 5 rings (SSSR count). The van der Waals surface area contributed by atoms with E-state index >= 15 is 0 Å². The van der Waals surface area contributed by atoms with Gasteiger partial charge in [-0.3, -0.25) is 9.78 Å². The van der Waals surface area contributed by atoms with E-state index in [9.17, 15) is 18.0 Å². The molecular weight excluding hydrogens is 467 g/mol. The molecule has 0 amide bonds. The van der Waals surface area contributed by atoms with Gasteiger partial charge < -0.3 is 10.1 Å². The van der Waals surface area contributed by atoms with Crippen LogP contribution in [0.25, 0.3) is 0 Å². The van der Waals surface area contributed by atoms with Gasteiger partial charge in [-0.25, -0.2) is 4.98 Å². The van der Waals surface area contributed by atoms with Crippen LogP contribution in [0.15, 0.2) is 60.9 Å². The van der Waals surface area contributed by atoms with Gasteiger partial charge in [-0.15, -0.1) is 0 Å². The molecule has 2 unspecified atom stereocenters. The Kier molecular flexibility index (Phi) is 6.45. The Bertz CT molecular complexity index is 1200. The molecule has 1 aromatic carbocycles. The number of methoxy groups -OCH3 is 1. The molecule has 36 heavy (non-hydrogen) atoms. The number of carbonyl (C=O) groups is 1. The number of alkyl halides is 3. The maximum atomic E-state index is 12.8. The Morgan fingerprint density at radius 2 is 1.69 bits per heavy atom. The second-order valence-corrected chi connectivity index (χ2v) is 10.0. The normalized spacial score (nSPS) is 20.7. The monoisotopic (exact) mass is 495 g/mol. The summed E-state index contributed by atoms with van der Waals surface area (Å²) in [6.07, 6.45) is 3.79. The fourth-order valence-electron chi connectivity index (χ4n) is 5.91. The van der Waals surface area contributed by atoms with Crippen molar-refractivity contribution in [1.82, 2.24) is 9.97 Å². The summed E-state index contributed by atoms with van der Waals surface area (Å²) in [6, 6.07) is 14.7. The second kappa shape index (κ2) is 9.56. The number of fused-ring (bicyclic) bond motifs is 1. The lowest BCUT2D eigenvalue weighted by Crippen LogP contribution is -2.35. The van der Waals surface area contributed by atoms with Crippen molar-refractivity contribution in [3.8, 4) is 0 Å². The van der Waals surface area contributed by atoms with Crippen LogP contribution in [0.3, 0.4) is 0 Å². The zero-order chi connectivity index (χ0) is 25.3. The number of hydrogen-bond donors (Lipinski definition) is 1. The minimum atomic E-state index is -4.47. The predicted octanol–water partition coefficient (Wildman–Crippen LogP) is 6.47. The third-order valence-corrected chi connectivity index (χ3v) is 7.68. The van der Waals surface area contributed by atoms with Gasteiger partial charge in [0.05, 0.1) is 30.9 Å². The quantitative estimate of drug-likeness (QED) is 0.411. The first-order chi connectivity index (χ1) is 17.2. The number of benzene rings is 1. The van der Waals surface area contributed by atoms with Gasteiger partial charge in [0, 0.05) is 18.0 Å². The van der Waals surface area contributed by atoms with E-state index in [1.807, 2.05) is 12.1 Å². The Morgan fingerprint density at radius 3 is 2.25 bits per heavy atom. The third kappa shape index (κ3) is 5.08. The van der Waals surface area contributed by atoms with Gasteiger partial charge in [-0.05, 0) is 78.8 Å². The standard InChI is InChI=1S/C28H28F3N3O2/c1-36-26(35)12-18-10-11-27(13-19-4-2-3-5-20(19)14-27)15-23(18)24-8-6-21(16-32-24)34-22-7-9-25(33-17-22)28(29,30)31/h2-9,16-18,23,34H,10-15H2,1H3. The molecule has 2 aliphatic carbocycles. The minimum Gasteiger partial charge on any atom is -0.469 e. The van der Waals surface area contributed by atoms with Gasteiger partial charge in [0.1, 0.15) is 5.69 Å². The molecule has 1 saturated carbocycles. The van der Waals surface area contributed by atoms with Crippen molar-refractivity contribution < 1.29 is 22.7 Å². The Labute approximate surface area is 208 Å². The van der Waals surface area contributed by atoms with Crippen molar-refractivity contribution >= 4 is 17.3 Å². The van der Waals surface area contributed by atoms with E-state index in [1.165, 1.54) is 24.3 Å². The molecule has 2 aromatic heterocycles. The van der Waals surface area contributed by atoms with Gasteiger partial charge in [0.2, 0.25) is 0 Å². The molecular formula is C28H28F3N3O2. The van der Waals surface area contributed by atoms with Crippen LogP contribution < -0.4 is 5.32 Å². The van der Waals surface area contributed by atoms with Crippen LogP contribution in [0.5, 0.6) is 0 Å². The van der Waals surface area contributed by atoms with Crippen LogP contribution in [0.2, 0.25) is 0 Å². The highest BCUT2D eigenvalue weighted by atomic mass is 19.4. The summed E-state index contributed by atoms with van der Waals surface area (Å²) in [4.78, 5) is 20.4. The average Bonchev–Trinajstić information content (AvgIpc) is 3.23. The molecule has 0 aliphatic heterocycles. The van der Waals surface area contributed by atoms with Crippen LogP contribution >= 0.6 is 0 Å². The lowest BCUT2D eigenvalue weighted by Gasteiger charge is -2.42. The van der Waals surface area contributed by atoms with E-state index in [4.69, 9.17) is 9.72 Å². The Morgan fingerprint density at radius 1 is 1.03 bits per heavy atom. The lowest BCUT2D eigenvalue weighted by atomic mass is 9.62. The molecule has 3 aromatic rings. The first-order valence-corrected chi connectivity index (χ1v) is 12.1. The molecule has 1 fully saturated rings. The van der Waals surface area contributed by atoms with Crippen molar-refractivity contribution in [3.63, 3.8) is 0 Å². The Hall–Kier alpha value is -3.42. The predicted molar refractivity (Wildman–Crippen MR) is 130 cm³/mol. The highest BCUT2D eigenvalue weighted by Crippen LogP contribution is 2.54. The minimum absolute atomic E-state index is 0.119. The van der Waals surface area contributed by atoms with Gasteiger partial charge in [0.25, 0.3) is 0 Å². The number of ether oxygens (including phenoxy) is 1. The lowest BCUT2D eigenvalue weighted by molar-refractivity contribution is -0.142. The zero-order valence-corrected chi connectivity index (χ0v) is 20.0. The summed E-state index contributed by atoms with van der Waals surface area (Å²) in [5.41, 5.74) is 4.10. The van der Waals surface area contributed by atoms with Crippen molar-refractivity contribution in [2.45, 2.75) is 50.6 Å². The molecule has 188 valence electrons. The van der Waals surface area contributed by atoms with Crippen LogP contribution in [0.4, 0.5) is 24.5 Å². The van der Waals surface area contributed by atoms with Crippen molar-refractivity contribution in [2.24, 2.45) is 11.3 Å². The summed E-state index contributed by atoms with van der Waals surface area (Å²) in [5.74, 6) is 0.0647. The number of aromatic nitrogens is 2. The summed E-state index contributed by atoms with van der Waals surface area (Å²) in [6.45, 7) is 0. The SMILES string of the molecule is COC(=O)CC1CCC2(Cc3ccccc3C2)CC1c1ccc(Nc2ccc(C(F)(F)F)nc2)cn1. The third-order valence-electron chi connectivity index (χ3n) is 7.68. The molecule has 8 heteroatoms. The number of rotatable bonds is 5. The van der Waals surface area contributed by atoms with E-state index in [-0.39, 0.29) is 23.2 Å². The van der Waals surface area contributed by atoms with Gasteiger partial charge in [0.15, 0.2) is 0 Å². The summed E-state index contributed by atoms with van der Waals surface area (Å²) in [5, 5.41) is 3.06. The number of halogens is 3. The van der Waals surface area contributed by atoms with Gasteiger partial charge >= 0.3 is 12.1 Å². The number of nitrogens with zero attached hydrogens (tertiary/aromatic N) is 2. The largest absolute Gasteiger partial charge is 0.469 e. The number of pyridine rings is 2. The van der Waals surface area contributed by atoms with E-state index in [0.29, 0.717) is 17.8 Å². The molecule has 1 N–H and O–H groups in total. The highest BCUT2D eigenvalue weighted by molar-refractivity contribution is 5.69. The van der Waals surface area contributed by atoms with Crippen LogP contribution in [-0.4, -0.2) is 23.0 Å². The number of nitrogens with one attached hydrogen (secondary N) is 1. The van der Waals surface area contributed by atoms with Gasteiger partial charge in [-0.2, -0.15) is 13.2 Å². The van der Waals surface area contributed by atoms with E-state index in [0.717, 1.165) is 50.1 Å². The second-order valence-electron chi connectivity index (χ2n) is 10.0. The molecule has 1 spiro atoms. The highest BCUT2D eigenvalue weighted by Gasteiger charge is 2.45. The number of carbonyl (C=O) groups excluding carboxylic acids is 1. The van der Waals surface area contributed by atoms with Gasteiger partial charge in [-0.1, -0.05) is 24.3 Å². The van der Waals surface area contributed by atoms with Crippen molar-refractivity contribution in [2.75, 3.05) is 12.4 Å². The molecule has 2 atom stereocenters. The van der Waals surface area contributed by atoms with E-state index < -0.39 is 11.9 Å². The van der Waals surface area contributed by atoms with Crippen LogP contribution in [0.1, 0.15) is 54.1 Å². The van der Waals surface area contributed by atoms with E-state index in [2.05, 4.69) is 34.6 Å². The molecule has 0 saturated heterocycles. The molecule has 5 nitrogen and oxygen atoms in total.